The van der Waals surface area contributed by atoms with Gasteiger partial charge in [0.15, 0.2) is 0 Å². The first-order chi connectivity index (χ1) is 10.1. The molecule has 1 atom stereocenters. The predicted octanol–water partition coefficient (Wildman–Crippen LogP) is 5.17. The van der Waals surface area contributed by atoms with Gasteiger partial charge in [-0.25, -0.2) is 4.39 Å². The van der Waals surface area contributed by atoms with E-state index in [1.807, 2.05) is 13.0 Å². The van der Waals surface area contributed by atoms with Crippen LogP contribution in [0, 0.1) is 5.82 Å². The highest BCUT2D eigenvalue weighted by Crippen LogP contribution is 2.30. The van der Waals surface area contributed by atoms with Crippen molar-refractivity contribution in [1.29, 1.82) is 0 Å². The zero-order valence-electron chi connectivity index (χ0n) is 11.4. The number of halogens is 2. The van der Waals surface area contributed by atoms with E-state index in [0.29, 0.717) is 16.3 Å². The van der Waals surface area contributed by atoms with Crippen LogP contribution in [0.3, 0.4) is 0 Å². The van der Waals surface area contributed by atoms with Crippen LogP contribution >= 0.6 is 11.6 Å². The maximum Gasteiger partial charge on any atom is 0.131 e. The quantitative estimate of drug-likeness (QED) is 0.666. The zero-order valence-corrected chi connectivity index (χ0v) is 12.1. The Balaban J connectivity index is 1.97. The van der Waals surface area contributed by atoms with Crippen LogP contribution in [-0.4, -0.2) is 4.98 Å². The van der Waals surface area contributed by atoms with Crippen LogP contribution in [-0.2, 0) is 0 Å². The van der Waals surface area contributed by atoms with Gasteiger partial charge < -0.3 is 4.74 Å². The van der Waals surface area contributed by atoms with Crippen LogP contribution in [0.1, 0.15) is 18.6 Å². The molecular formula is C17H13ClFNO. The summed E-state index contributed by atoms with van der Waals surface area (Å²) in [5.41, 5.74) is 1.28. The number of hydrogen-bond donors (Lipinski definition) is 0. The fourth-order valence-corrected chi connectivity index (χ4v) is 2.42. The van der Waals surface area contributed by atoms with Crippen molar-refractivity contribution in [2.24, 2.45) is 0 Å². The number of aromatic nitrogens is 1. The monoisotopic (exact) mass is 301 g/mol. The van der Waals surface area contributed by atoms with Crippen molar-refractivity contribution in [3.8, 4) is 5.75 Å². The van der Waals surface area contributed by atoms with Gasteiger partial charge in [0.25, 0.3) is 0 Å². The molecule has 2 nitrogen and oxygen atoms in total. The van der Waals surface area contributed by atoms with Gasteiger partial charge in [0.1, 0.15) is 17.7 Å². The van der Waals surface area contributed by atoms with E-state index in [1.54, 1.807) is 42.6 Å². The highest BCUT2D eigenvalue weighted by Gasteiger charge is 2.13. The zero-order chi connectivity index (χ0) is 14.8. The summed E-state index contributed by atoms with van der Waals surface area (Å²) in [6.45, 7) is 1.82. The highest BCUT2D eigenvalue weighted by atomic mass is 35.5. The molecule has 21 heavy (non-hydrogen) atoms. The van der Waals surface area contributed by atoms with Gasteiger partial charge in [-0.15, -0.1) is 0 Å². The van der Waals surface area contributed by atoms with E-state index in [2.05, 4.69) is 4.98 Å². The van der Waals surface area contributed by atoms with E-state index < -0.39 is 6.10 Å². The smallest absolute Gasteiger partial charge is 0.131 e. The number of rotatable bonds is 3. The summed E-state index contributed by atoms with van der Waals surface area (Å²) in [4.78, 5) is 4.26. The minimum atomic E-state index is -0.396. The molecule has 2 aromatic carbocycles. The van der Waals surface area contributed by atoms with Crippen molar-refractivity contribution in [3.63, 3.8) is 0 Å². The Morgan fingerprint density at radius 1 is 1.14 bits per heavy atom. The van der Waals surface area contributed by atoms with Crippen LogP contribution < -0.4 is 4.74 Å². The van der Waals surface area contributed by atoms with Gasteiger partial charge in [0.05, 0.1) is 5.52 Å². The fraction of sp³-hybridized carbons (Fsp3) is 0.118. The summed E-state index contributed by atoms with van der Waals surface area (Å²) >= 11 is 5.96. The largest absolute Gasteiger partial charge is 0.485 e. The maximum atomic E-state index is 13.8. The first-order valence-electron chi connectivity index (χ1n) is 6.60. The average molecular weight is 302 g/mol. The van der Waals surface area contributed by atoms with Gasteiger partial charge in [-0.2, -0.15) is 0 Å². The minimum absolute atomic E-state index is 0.272. The molecular weight excluding hydrogens is 289 g/mol. The van der Waals surface area contributed by atoms with Crippen molar-refractivity contribution in [3.05, 3.63) is 71.1 Å². The third-order valence-electron chi connectivity index (χ3n) is 3.31. The second-order valence-corrected chi connectivity index (χ2v) is 5.19. The molecule has 3 aromatic rings. The summed E-state index contributed by atoms with van der Waals surface area (Å²) in [6.07, 6.45) is 1.26. The molecule has 0 saturated carbocycles. The number of fused-ring (bicyclic) bond motifs is 1. The Morgan fingerprint density at radius 2 is 1.95 bits per heavy atom. The molecule has 0 N–H and O–H groups in total. The molecule has 1 aromatic heterocycles. The molecule has 4 heteroatoms. The summed E-state index contributed by atoms with van der Waals surface area (Å²) in [7, 11) is 0. The average Bonchev–Trinajstić information content (AvgIpc) is 2.47. The van der Waals surface area contributed by atoms with Crippen LogP contribution in [0.2, 0.25) is 5.02 Å². The fourth-order valence-electron chi connectivity index (χ4n) is 2.26. The topological polar surface area (TPSA) is 22.1 Å². The van der Waals surface area contributed by atoms with Crippen molar-refractivity contribution < 1.29 is 9.13 Å². The first kappa shape index (κ1) is 13.8. The number of pyridine rings is 1. The molecule has 0 aliphatic heterocycles. The molecule has 0 bridgehead atoms. The summed E-state index contributed by atoms with van der Waals surface area (Å²) < 4.78 is 19.7. The molecule has 0 aliphatic rings. The van der Waals surface area contributed by atoms with E-state index in [-0.39, 0.29) is 5.82 Å². The second-order valence-electron chi connectivity index (χ2n) is 4.75. The van der Waals surface area contributed by atoms with Gasteiger partial charge in [-0.05, 0) is 37.3 Å². The van der Waals surface area contributed by atoms with Gasteiger partial charge >= 0.3 is 0 Å². The molecule has 0 amide bonds. The van der Waals surface area contributed by atoms with E-state index in [0.717, 1.165) is 10.9 Å². The third kappa shape index (κ3) is 2.83. The standard InChI is InChI=1S/C17H13ClFNO/c1-11(13-4-2-3-5-15(13)19)21-17-8-9-20-16-10-12(18)6-7-14(16)17/h2-11H,1H3. The minimum Gasteiger partial charge on any atom is -0.485 e. The lowest BCUT2D eigenvalue weighted by Gasteiger charge is -2.17. The lowest BCUT2D eigenvalue weighted by molar-refractivity contribution is 0.224. The highest BCUT2D eigenvalue weighted by molar-refractivity contribution is 6.31. The Bertz CT molecular complexity index is 791. The van der Waals surface area contributed by atoms with Crippen LogP contribution in [0.5, 0.6) is 5.75 Å². The summed E-state index contributed by atoms with van der Waals surface area (Å²) in [5.74, 6) is 0.388. The molecule has 0 spiro atoms. The van der Waals surface area contributed by atoms with Crippen LogP contribution in [0.4, 0.5) is 4.39 Å². The second kappa shape index (κ2) is 5.70. The number of ether oxygens (including phenoxy) is 1. The van der Waals surface area contributed by atoms with Gasteiger partial charge in [-0.3, -0.25) is 4.98 Å². The number of benzene rings is 2. The predicted molar refractivity (Wildman–Crippen MR) is 82.2 cm³/mol. The normalized spacial score (nSPS) is 12.3. The van der Waals surface area contributed by atoms with E-state index >= 15 is 0 Å². The summed E-state index contributed by atoms with van der Waals surface area (Å²) in [5, 5.41) is 1.47. The maximum absolute atomic E-state index is 13.8. The van der Waals surface area contributed by atoms with Crippen molar-refractivity contribution in [2.75, 3.05) is 0 Å². The lowest BCUT2D eigenvalue weighted by Crippen LogP contribution is -2.05. The van der Waals surface area contributed by atoms with E-state index in [1.165, 1.54) is 6.07 Å². The number of nitrogens with zero attached hydrogens (tertiary/aromatic N) is 1. The molecule has 3 rings (SSSR count). The molecule has 1 unspecified atom stereocenters. The first-order valence-corrected chi connectivity index (χ1v) is 6.98. The van der Waals surface area contributed by atoms with Crippen LogP contribution in [0.25, 0.3) is 10.9 Å². The van der Waals surface area contributed by atoms with E-state index in [9.17, 15) is 4.39 Å². The molecule has 0 fully saturated rings. The molecule has 0 saturated heterocycles. The number of hydrogen-bond acceptors (Lipinski definition) is 2. The Hall–Kier alpha value is -2.13. The SMILES string of the molecule is CC(Oc1ccnc2cc(Cl)ccc12)c1ccccc1F. The molecule has 1 heterocycles. The van der Waals surface area contributed by atoms with Crippen molar-refractivity contribution in [2.45, 2.75) is 13.0 Å². The van der Waals surface area contributed by atoms with Gasteiger partial charge in [0.2, 0.25) is 0 Å². The lowest BCUT2D eigenvalue weighted by atomic mass is 10.1. The third-order valence-corrected chi connectivity index (χ3v) is 3.55. The van der Waals surface area contributed by atoms with Gasteiger partial charge in [0, 0.05) is 22.2 Å². The molecule has 0 radical (unpaired) electrons. The molecule has 0 aliphatic carbocycles. The summed E-state index contributed by atoms with van der Waals surface area (Å²) in [6, 6.07) is 13.8. The Morgan fingerprint density at radius 3 is 2.76 bits per heavy atom. The molecule has 106 valence electrons. The van der Waals surface area contributed by atoms with Gasteiger partial charge in [-0.1, -0.05) is 29.8 Å². The Kier molecular flexibility index (Phi) is 3.76. The van der Waals surface area contributed by atoms with Crippen molar-refractivity contribution >= 4 is 22.5 Å². The van der Waals surface area contributed by atoms with Crippen molar-refractivity contribution in [1.82, 2.24) is 4.98 Å². The van der Waals surface area contributed by atoms with E-state index in [4.69, 9.17) is 16.3 Å². The Labute approximate surface area is 127 Å². The van der Waals surface area contributed by atoms with Crippen LogP contribution in [0.15, 0.2) is 54.7 Å².